The molecule has 0 radical (unpaired) electrons. The number of sulfone groups is 1. The number of aryl methyl sites for hydroxylation is 2. The highest BCUT2D eigenvalue weighted by molar-refractivity contribution is 7.91. The summed E-state index contributed by atoms with van der Waals surface area (Å²) in [7, 11) is -3.56. The highest BCUT2D eigenvalue weighted by Gasteiger charge is 2.29. The fraction of sp³-hybridized carbons (Fsp3) is 0.438. The molecule has 118 valence electrons. The van der Waals surface area contributed by atoms with Gasteiger partial charge >= 0.3 is 0 Å². The normalized spacial score (nSPS) is 16.0. The summed E-state index contributed by atoms with van der Waals surface area (Å²) in [5.74, 6) is 0. The van der Waals surface area contributed by atoms with Crippen LogP contribution in [-0.4, -0.2) is 26.5 Å². The van der Waals surface area contributed by atoms with Crippen LogP contribution in [0.2, 0.25) is 0 Å². The Hall–Kier alpha value is -1.40. The lowest BCUT2D eigenvalue weighted by Crippen LogP contribution is -2.29. The molecule has 0 aliphatic carbocycles. The van der Waals surface area contributed by atoms with Gasteiger partial charge in [-0.25, -0.2) is 13.4 Å². The molecule has 0 saturated carbocycles. The van der Waals surface area contributed by atoms with Gasteiger partial charge in [0.2, 0.25) is 9.84 Å². The highest BCUT2D eigenvalue weighted by Crippen LogP contribution is 2.36. The summed E-state index contributed by atoms with van der Waals surface area (Å²) in [6.07, 6.45) is 3.44. The molecule has 0 bridgehead atoms. The number of benzene rings is 1. The summed E-state index contributed by atoms with van der Waals surface area (Å²) in [4.78, 5) is 6.84. The molecule has 6 heteroatoms. The number of aromatic nitrogens is 1. The maximum absolute atomic E-state index is 12.9. The Labute approximate surface area is 135 Å². The van der Waals surface area contributed by atoms with Crippen LogP contribution in [-0.2, 0) is 9.84 Å². The van der Waals surface area contributed by atoms with Gasteiger partial charge in [-0.15, -0.1) is 11.3 Å². The molecule has 0 spiro atoms. The van der Waals surface area contributed by atoms with E-state index in [0.29, 0.717) is 4.90 Å². The van der Waals surface area contributed by atoms with Crippen molar-refractivity contribution in [3.8, 4) is 0 Å². The molecule has 1 fully saturated rings. The molecule has 3 rings (SSSR count). The van der Waals surface area contributed by atoms with Crippen LogP contribution in [0.3, 0.4) is 0 Å². The number of piperidine rings is 1. The van der Waals surface area contributed by atoms with Gasteiger partial charge in [0.1, 0.15) is 5.00 Å². The maximum atomic E-state index is 12.9. The van der Waals surface area contributed by atoms with Crippen molar-refractivity contribution < 1.29 is 8.42 Å². The van der Waals surface area contributed by atoms with E-state index in [1.165, 1.54) is 17.8 Å². The SMILES string of the molecule is Cc1ccc(S(=O)(=O)c2nc(C)sc2N2CCCCC2)cc1. The van der Waals surface area contributed by atoms with Crippen molar-refractivity contribution in [2.75, 3.05) is 18.0 Å². The molecule has 22 heavy (non-hydrogen) atoms. The smallest absolute Gasteiger partial charge is 0.226 e. The molecule has 2 aromatic rings. The third kappa shape index (κ3) is 2.90. The second kappa shape index (κ2) is 6.01. The fourth-order valence-electron chi connectivity index (χ4n) is 2.70. The van der Waals surface area contributed by atoms with Crippen molar-refractivity contribution in [1.82, 2.24) is 4.98 Å². The summed E-state index contributed by atoms with van der Waals surface area (Å²) in [5, 5.41) is 1.82. The van der Waals surface area contributed by atoms with Crippen LogP contribution in [0.4, 0.5) is 5.00 Å². The zero-order valence-corrected chi connectivity index (χ0v) is 14.5. The van der Waals surface area contributed by atoms with Crippen molar-refractivity contribution in [3.63, 3.8) is 0 Å². The minimum absolute atomic E-state index is 0.223. The summed E-state index contributed by atoms with van der Waals surface area (Å²) < 4.78 is 25.9. The van der Waals surface area contributed by atoms with E-state index < -0.39 is 9.84 Å². The topological polar surface area (TPSA) is 50.3 Å². The number of anilines is 1. The molecular formula is C16H20N2O2S2. The van der Waals surface area contributed by atoms with E-state index in [4.69, 9.17) is 0 Å². The predicted octanol–water partition coefficient (Wildman–Crippen LogP) is 3.58. The minimum atomic E-state index is -3.56. The van der Waals surface area contributed by atoms with Gasteiger partial charge in [-0.05, 0) is 45.2 Å². The van der Waals surface area contributed by atoms with Gasteiger partial charge in [-0.3, -0.25) is 0 Å². The van der Waals surface area contributed by atoms with Crippen molar-refractivity contribution >= 4 is 26.2 Å². The van der Waals surface area contributed by atoms with E-state index in [9.17, 15) is 8.42 Å². The largest absolute Gasteiger partial charge is 0.361 e. The first kappa shape index (κ1) is 15.5. The lowest BCUT2D eigenvalue weighted by Gasteiger charge is -2.27. The quantitative estimate of drug-likeness (QED) is 0.859. The number of nitrogens with zero attached hydrogens (tertiary/aromatic N) is 2. The van der Waals surface area contributed by atoms with E-state index >= 15 is 0 Å². The average Bonchev–Trinajstić information content (AvgIpc) is 2.91. The molecule has 2 heterocycles. The molecule has 0 amide bonds. The Morgan fingerprint density at radius 3 is 2.32 bits per heavy atom. The second-order valence-corrected chi connectivity index (χ2v) is 8.75. The Morgan fingerprint density at radius 2 is 1.68 bits per heavy atom. The van der Waals surface area contributed by atoms with Crippen LogP contribution in [0.1, 0.15) is 29.8 Å². The predicted molar refractivity (Wildman–Crippen MR) is 89.5 cm³/mol. The second-order valence-electron chi connectivity index (χ2n) is 5.71. The van der Waals surface area contributed by atoms with Gasteiger partial charge in [0.25, 0.3) is 0 Å². The van der Waals surface area contributed by atoms with Crippen molar-refractivity contribution in [1.29, 1.82) is 0 Å². The van der Waals surface area contributed by atoms with Gasteiger partial charge in [0, 0.05) is 13.1 Å². The lowest BCUT2D eigenvalue weighted by atomic mass is 10.1. The van der Waals surface area contributed by atoms with Crippen LogP contribution in [0.5, 0.6) is 0 Å². The maximum Gasteiger partial charge on any atom is 0.226 e. The van der Waals surface area contributed by atoms with Gasteiger partial charge in [0.15, 0.2) is 5.03 Å². The van der Waals surface area contributed by atoms with Crippen LogP contribution in [0.25, 0.3) is 0 Å². The monoisotopic (exact) mass is 336 g/mol. The molecule has 0 N–H and O–H groups in total. The molecule has 4 nitrogen and oxygen atoms in total. The molecule has 1 saturated heterocycles. The van der Waals surface area contributed by atoms with Crippen molar-refractivity contribution in [2.24, 2.45) is 0 Å². The number of hydrogen-bond acceptors (Lipinski definition) is 5. The zero-order chi connectivity index (χ0) is 15.7. The fourth-order valence-corrected chi connectivity index (χ4v) is 5.41. The average molecular weight is 336 g/mol. The Balaban J connectivity index is 2.05. The van der Waals surface area contributed by atoms with Gasteiger partial charge < -0.3 is 4.90 Å². The van der Waals surface area contributed by atoms with E-state index in [1.54, 1.807) is 12.1 Å². The Kier molecular flexibility index (Phi) is 4.23. The van der Waals surface area contributed by atoms with Gasteiger partial charge in [0.05, 0.1) is 9.90 Å². The first-order chi connectivity index (χ1) is 10.5. The van der Waals surface area contributed by atoms with E-state index in [2.05, 4.69) is 9.88 Å². The minimum Gasteiger partial charge on any atom is -0.361 e. The summed E-state index contributed by atoms with van der Waals surface area (Å²) in [5.41, 5.74) is 1.05. The summed E-state index contributed by atoms with van der Waals surface area (Å²) >= 11 is 1.48. The first-order valence-corrected chi connectivity index (χ1v) is 9.82. The zero-order valence-electron chi connectivity index (χ0n) is 12.9. The van der Waals surface area contributed by atoms with E-state index in [-0.39, 0.29) is 5.03 Å². The van der Waals surface area contributed by atoms with Crippen LogP contribution in [0, 0.1) is 13.8 Å². The molecular weight excluding hydrogens is 316 g/mol. The third-order valence-electron chi connectivity index (χ3n) is 3.92. The molecule has 0 unspecified atom stereocenters. The van der Waals surface area contributed by atoms with Crippen LogP contribution >= 0.6 is 11.3 Å². The van der Waals surface area contributed by atoms with Gasteiger partial charge in [-0.2, -0.15) is 0 Å². The number of thiazole rings is 1. The lowest BCUT2D eigenvalue weighted by molar-refractivity contribution is 0.571. The molecule has 1 aromatic carbocycles. The molecule has 1 aliphatic heterocycles. The molecule has 1 aliphatic rings. The summed E-state index contributed by atoms with van der Waals surface area (Å²) in [6.45, 7) is 5.64. The Bertz CT molecular complexity index is 758. The number of hydrogen-bond donors (Lipinski definition) is 0. The van der Waals surface area contributed by atoms with Crippen molar-refractivity contribution in [2.45, 2.75) is 43.0 Å². The first-order valence-electron chi connectivity index (χ1n) is 7.52. The van der Waals surface area contributed by atoms with Crippen molar-refractivity contribution in [3.05, 3.63) is 34.8 Å². The highest BCUT2D eigenvalue weighted by atomic mass is 32.2. The van der Waals surface area contributed by atoms with Crippen LogP contribution < -0.4 is 4.90 Å². The Morgan fingerprint density at radius 1 is 1.05 bits per heavy atom. The molecule has 0 atom stereocenters. The van der Waals surface area contributed by atoms with Crippen LogP contribution in [0.15, 0.2) is 34.2 Å². The van der Waals surface area contributed by atoms with E-state index in [1.807, 2.05) is 26.0 Å². The molecule has 1 aromatic heterocycles. The number of rotatable bonds is 3. The van der Waals surface area contributed by atoms with Gasteiger partial charge in [-0.1, -0.05) is 17.7 Å². The van der Waals surface area contributed by atoms with E-state index in [0.717, 1.165) is 41.5 Å². The standard InChI is InChI=1S/C16H20N2O2S2/c1-12-6-8-14(9-7-12)22(19,20)15-16(21-13(2)17-15)18-10-4-3-5-11-18/h6-9H,3-5,10-11H2,1-2H3. The summed E-state index contributed by atoms with van der Waals surface area (Å²) in [6, 6.07) is 6.98. The third-order valence-corrected chi connectivity index (χ3v) is 6.76.